The van der Waals surface area contributed by atoms with Crippen LogP contribution >= 0.6 is 0 Å². The van der Waals surface area contributed by atoms with Gasteiger partial charge in [-0.3, -0.25) is 4.79 Å². The molecule has 0 aliphatic heterocycles. The van der Waals surface area contributed by atoms with Crippen molar-refractivity contribution in [2.24, 2.45) is 0 Å². The first-order valence-corrected chi connectivity index (χ1v) is 6.84. The second-order valence-corrected chi connectivity index (χ2v) is 4.28. The summed E-state index contributed by atoms with van der Waals surface area (Å²) in [4.78, 5) is 11.2. The maximum Gasteiger partial charge on any atom is 0.159 e. The predicted molar refractivity (Wildman–Crippen MR) is 83.0 cm³/mol. The number of Topliss-reactive ketones (excluding diaryl/α,β-unsaturated/α-hetero) is 1. The fourth-order valence-corrected chi connectivity index (χ4v) is 1.99. The fraction of sp³-hybridized carbons (Fsp3) is 0.167. The lowest BCUT2D eigenvalue weighted by Crippen LogP contribution is -1.90. The number of hydrogen-bond acceptors (Lipinski definition) is 2. The third-order valence-corrected chi connectivity index (χ3v) is 3.00. The quantitative estimate of drug-likeness (QED) is 0.587. The highest BCUT2D eigenvalue weighted by Crippen LogP contribution is 2.27. The van der Waals surface area contributed by atoms with Crippen LogP contribution in [-0.4, -0.2) is 5.78 Å². The number of carbonyl (C=O) groups excluding carboxylic acids is 1. The second-order valence-electron chi connectivity index (χ2n) is 4.28. The molecule has 3 rings (SSSR count). The Morgan fingerprint density at radius 1 is 0.950 bits per heavy atom. The summed E-state index contributed by atoms with van der Waals surface area (Å²) in [5.41, 5.74) is 2.58. The number of carbonyl (C=O) groups is 1. The van der Waals surface area contributed by atoms with Gasteiger partial charge < -0.3 is 4.42 Å². The van der Waals surface area contributed by atoms with E-state index >= 15 is 0 Å². The Balaban J connectivity index is 0.000000704. The lowest BCUT2D eigenvalue weighted by atomic mass is 10.1. The molecule has 0 bridgehead atoms. The summed E-state index contributed by atoms with van der Waals surface area (Å²) in [7, 11) is 0. The Hall–Kier alpha value is -2.35. The molecule has 1 heterocycles. The number of hydrogen-bond donors (Lipinski definition) is 0. The molecule has 0 aliphatic rings. The van der Waals surface area contributed by atoms with E-state index < -0.39 is 0 Å². The molecule has 102 valence electrons. The number of furan rings is 1. The van der Waals surface area contributed by atoms with Crippen molar-refractivity contribution in [3.63, 3.8) is 0 Å². The van der Waals surface area contributed by atoms with Gasteiger partial charge in [0, 0.05) is 16.5 Å². The van der Waals surface area contributed by atoms with Gasteiger partial charge in [0.1, 0.15) is 11.3 Å². The Morgan fingerprint density at radius 2 is 1.60 bits per heavy atom. The summed E-state index contributed by atoms with van der Waals surface area (Å²) in [5, 5.41) is 1.09. The van der Waals surface area contributed by atoms with Crippen molar-refractivity contribution < 1.29 is 9.21 Å². The van der Waals surface area contributed by atoms with Crippen LogP contribution in [0.4, 0.5) is 0 Å². The molecule has 3 aromatic rings. The number of para-hydroxylation sites is 1. The van der Waals surface area contributed by atoms with Crippen LogP contribution in [0.15, 0.2) is 59.0 Å². The monoisotopic (exact) mass is 266 g/mol. The molecule has 20 heavy (non-hydrogen) atoms. The molecule has 0 radical (unpaired) electrons. The first kappa shape index (κ1) is 14.1. The normalized spacial score (nSPS) is 9.95. The molecular formula is C18H18O2. The molecule has 0 atom stereocenters. The molecule has 0 amide bonds. The molecule has 0 unspecified atom stereocenters. The van der Waals surface area contributed by atoms with E-state index in [1.54, 1.807) is 6.92 Å². The van der Waals surface area contributed by atoms with Gasteiger partial charge in [0.15, 0.2) is 5.78 Å². The summed E-state index contributed by atoms with van der Waals surface area (Å²) in [6.45, 7) is 5.57. The molecular weight excluding hydrogens is 248 g/mol. The van der Waals surface area contributed by atoms with Crippen molar-refractivity contribution in [3.8, 4) is 11.3 Å². The summed E-state index contributed by atoms with van der Waals surface area (Å²) >= 11 is 0. The highest BCUT2D eigenvalue weighted by Gasteiger charge is 2.06. The molecule has 2 aromatic carbocycles. The van der Waals surface area contributed by atoms with Crippen LogP contribution in [0, 0.1) is 0 Å². The van der Waals surface area contributed by atoms with Gasteiger partial charge in [-0.1, -0.05) is 56.3 Å². The fourth-order valence-electron chi connectivity index (χ4n) is 1.99. The minimum Gasteiger partial charge on any atom is -0.456 e. The zero-order valence-electron chi connectivity index (χ0n) is 12.0. The van der Waals surface area contributed by atoms with Crippen LogP contribution in [-0.2, 0) is 0 Å². The topological polar surface area (TPSA) is 30.2 Å². The summed E-state index contributed by atoms with van der Waals surface area (Å²) < 4.78 is 5.77. The van der Waals surface area contributed by atoms with Crippen molar-refractivity contribution in [2.75, 3.05) is 0 Å². The van der Waals surface area contributed by atoms with E-state index in [0.29, 0.717) is 0 Å². The minimum atomic E-state index is 0.0751. The Kier molecular flexibility index (Phi) is 4.36. The van der Waals surface area contributed by atoms with Crippen LogP contribution < -0.4 is 0 Å². The average Bonchev–Trinajstić information content (AvgIpc) is 2.93. The SMILES string of the molecule is CC.CC(=O)c1ccc(-c2cc3ccccc3o2)cc1. The summed E-state index contributed by atoms with van der Waals surface area (Å²) in [6.07, 6.45) is 0. The summed E-state index contributed by atoms with van der Waals surface area (Å²) in [6, 6.07) is 17.4. The van der Waals surface area contributed by atoms with E-state index in [-0.39, 0.29) is 5.78 Å². The zero-order chi connectivity index (χ0) is 14.5. The van der Waals surface area contributed by atoms with Gasteiger partial charge in [-0.25, -0.2) is 0 Å². The van der Waals surface area contributed by atoms with Crippen molar-refractivity contribution >= 4 is 16.8 Å². The second kappa shape index (κ2) is 6.20. The first-order chi connectivity index (χ1) is 9.74. The van der Waals surface area contributed by atoms with Gasteiger partial charge >= 0.3 is 0 Å². The van der Waals surface area contributed by atoms with Crippen LogP contribution in [0.1, 0.15) is 31.1 Å². The Labute approximate surface area is 119 Å². The number of fused-ring (bicyclic) bond motifs is 1. The van der Waals surface area contributed by atoms with E-state index in [1.165, 1.54) is 0 Å². The molecule has 0 saturated carbocycles. The van der Waals surface area contributed by atoms with Gasteiger partial charge in [-0.2, -0.15) is 0 Å². The van der Waals surface area contributed by atoms with E-state index in [2.05, 4.69) is 0 Å². The van der Waals surface area contributed by atoms with Crippen molar-refractivity contribution in [2.45, 2.75) is 20.8 Å². The Bertz CT molecular complexity index is 673. The lowest BCUT2D eigenvalue weighted by Gasteiger charge is -1.98. The number of rotatable bonds is 2. The third kappa shape index (κ3) is 2.80. The Morgan fingerprint density at radius 3 is 2.20 bits per heavy atom. The van der Waals surface area contributed by atoms with Gasteiger partial charge in [0.2, 0.25) is 0 Å². The van der Waals surface area contributed by atoms with Gasteiger partial charge in [-0.15, -0.1) is 0 Å². The molecule has 0 fully saturated rings. The predicted octanol–water partition coefficient (Wildman–Crippen LogP) is 5.33. The number of benzene rings is 2. The van der Waals surface area contributed by atoms with Crippen molar-refractivity contribution in [3.05, 3.63) is 60.2 Å². The molecule has 2 heteroatoms. The van der Waals surface area contributed by atoms with Gasteiger partial charge in [0.05, 0.1) is 0 Å². The molecule has 2 nitrogen and oxygen atoms in total. The zero-order valence-corrected chi connectivity index (χ0v) is 12.0. The largest absolute Gasteiger partial charge is 0.456 e. The third-order valence-electron chi connectivity index (χ3n) is 3.00. The summed E-state index contributed by atoms with van der Waals surface area (Å²) in [5.74, 6) is 0.900. The molecule has 0 spiro atoms. The van der Waals surface area contributed by atoms with E-state index in [1.807, 2.05) is 68.4 Å². The van der Waals surface area contributed by atoms with E-state index in [4.69, 9.17) is 4.42 Å². The average molecular weight is 266 g/mol. The van der Waals surface area contributed by atoms with Crippen molar-refractivity contribution in [1.82, 2.24) is 0 Å². The molecule has 0 saturated heterocycles. The van der Waals surface area contributed by atoms with Crippen LogP contribution in [0.5, 0.6) is 0 Å². The lowest BCUT2D eigenvalue weighted by molar-refractivity contribution is 0.101. The van der Waals surface area contributed by atoms with E-state index in [9.17, 15) is 4.79 Å². The van der Waals surface area contributed by atoms with Crippen LogP contribution in [0.25, 0.3) is 22.3 Å². The first-order valence-electron chi connectivity index (χ1n) is 6.84. The maximum absolute atomic E-state index is 11.2. The smallest absolute Gasteiger partial charge is 0.159 e. The standard InChI is InChI=1S/C16H12O2.C2H6/c1-11(17)12-6-8-13(9-7-12)16-10-14-4-2-3-5-15(14)18-16;1-2/h2-10H,1H3;1-2H3. The molecule has 0 aliphatic carbocycles. The number of ketones is 1. The van der Waals surface area contributed by atoms with Crippen LogP contribution in [0.3, 0.4) is 0 Å². The maximum atomic E-state index is 11.2. The van der Waals surface area contributed by atoms with E-state index in [0.717, 1.165) is 27.9 Å². The highest BCUT2D eigenvalue weighted by atomic mass is 16.3. The highest BCUT2D eigenvalue weighted by molar-refractivity contribution is 5.94. The van der Waals surface area contributed by atoms with Gasteiger partial charge in [-0.05, 0) is 19.1 Å². The van der Waals surface area contributed by atoms with Crippen LogP contribution in [0.2, 0.25) is 0 Å². The van der Waals surface area contributed by atoms with Crippen molar-refractivity contribution in [1.29, 1.82) is 0 Å². The minimum absolute atomic E-state index is 0.0751. The molecule has 0 N–H and O–H groups in total. The molecule has 1 aromatic heterocycles. The van der Waals surface area contributed by atoms with Gasteiger partial charge in [0.25, 0.3) is 0 Å².